The number of nitrogens with zero attached hydrogens (tertiary/aromatic N) is 1. The van der Waals surface area contributed by atoms with Crippen molar-refractivity contribution < 1.29 is 9.53 Å². The Morgan fingerprint density at radius 2 is 2.24 bits per heavy atom. The van der Waals surface area contributed by atoms with Crippen LogP contribution in [-0.4, -0.2) is 42.6 Å². The number of piperidine rings is 1. The lowest BCUT2D eigenvalue weighted by Gasteiger charge is -2.34. The molecule has 1 aliphatic carbocycles. The van der Waals surface area contributed by atoms with Crippen molar-refractivity contribution in [1.82, 2.24) is 4.90 Å². The van der Waals surface area contributed by atoms with Crippen LogP contribution in [0, 0.1) is 5.92 Å². The number of hydrogen-bond donors (Lipinski definition) is 1. The van der Waals surface area contributed by atoms with Crippen LogP contribution in [0.5, 0.6) is 0 Å². The average molecular weight is 240 g/mol. The molecule has 2 aliphatic rings. The van der Waals surface area contributed by atoms with Gasteiger partial charge < -0.3 is 15.4 Å². The number of carbonyl (C=O) groups excluding carboxylic acids is 1. The fourth-order valence-corrected chi connectivity index (χ4v) is 3.01. The molecule has 0 aromatic carbocycles. The Kier molecular flexibility index (Phi) is 4.40. The lowest BCUT2D eigenvalue weighted by atomic mass is 10.0. The number of nitrogens with two attached hydrogens (primary N) is 1. The van der Waals surface area contributed by atoms with Gasteiger partial charge in [-0.25, -0.2) is 0 Å². The predicted molar refractivity (Wildman–Crippen MR) is 66.5 cm³/mol. The summed E-state index contributed by atoms with van der Waals surface area (Å²) in [5, 5.41) is 0. The maximum atomic E-state index is 12.3. The van der Waals surface area contributed by atoms with Crippen molar-refractivity contribution in [2.24, 2.45) is 11.7 Å². The summed E-state index contributed by atoms with van der Waals surface area (Å²) in [5.74, 6) is 0.479. The zero-order chi connectivity index (χ0) is 12.3. The number of rotatable bonds is 3. The average Bonchev–Trinajstić information content (AvgIpc) is 2.76. The summed E-state index contributed by atoms with van der Waals surface area (Å²) in [4.78, 5) is 14.3. The molecule has 2 rings (SSSR count). The molecule has 98 valence electrons. The van der Waals surface area contributed by atoms with Gasteiger partial charge in [0.1, 0.15) is 0 Å². The van der Waals surface area contributed by atoms with E-state index in [1.807, 2.05) is 11.8 Å². The van der Waals surface area contributed by atoms with Crippen molar-refractivity contribution in [2.45, 2.75) is 51.2 Å². The van der Waals surface area contributed by atoms with Gasteiger partial charge in [0.15, 0.2) is 0 Å². The first-order chi connectivity index (χ1) is 8.20. The first-order valence-electron chi connectivity index (χ1n) is 6.86. The molecule has 17 heavy (non-hydrogen) atoms. The van der Waals surface area contributed by atoms with Gasteiger partial charge in [0.25, 0.3) is 0 Å². The van der Waals surface area contributed by atoms with Crippen LogP contribution in [0.15, 0.2) is 0 Å². The molecule has 0 radical (unpaired) electrons. The Labute approximate surface area is 103 Å². The van der Waals surface area contributed by atoms with Gasteiger partial charge in [-0.3, -0.25) is 4.79 Å². The van der Waals surface area contributed by atoms with Crippen LogP contribution in [0.3, 0.4) is 0 Å². The van der Waals surface area contributed by atoms with Crippen LogP contribution in [0.1, 0.15) is 39.0 Å². The minimum atomic E-state index is 0.172. The Bertz CT molecular complexity index is 268. The van der Waals surface area contributed by atoms with E-state index in [1.165, 1.54) is 0 Å². The van der Waals surface area contributed by atoms with Gasteiger partial charge in [0.05, 0.1) is 6.10 Å². The van der Waals surface area contributed by atoms with Crippen LogP contribution in [-0.2, 0) is 9.53 Å². The van der Waals surface area contributed by atoms with Gasteiger partial charge in [-0.15, -0.1) is 0 Å². The summed E-state index contributed by atoms with van der Waals surface area (Å²) < 4.78 is 5.63. The van der Waals surface area contributed by atoms with Gasteiger partial charge in [-0.2, -0.15) is 0 Å². The van der Waals surface area contributed by atoms with Gasteiger partial charge in [0.2, 0.25) is 5.91 Å². The minimum absolute atomic E-state index is 0.172. The highest BCUT2D eigenvalue weighted by Crippen LogP contribution is 2.27. The highest BCUT2D eigenvalue weighted by Gasteiger charge is 2.33. The second kappa shape index (κ2) is 5.83. The first-order valence-corrected chi connectivity index (χ1v) is 6.86. The summed E-state index contributed by atoms with van der Waals surface area (Å²) in [5.41, 5.74) is 5.87. The van der Waals surface area contributed by atoms with E-state index in [2.05, 4.69) is 0 Å². The second-order valence-electron chi connectivity index (χ2n) is 5.27. The molecule has 1 aliphatic heterocycles. The largest absolute Gasteiger partial charge is 0.377 e. The number of carbonyl (C=O) groups is 1. The second-order valence-corrected chi connectivity index (χ2v) is 5.27. The number of ether oxygens (including phenoxy) is 1. The fourth-order valence-electron chi connectivity index (χ4n) is 3.01. The Balaban J connectivity index is 1.86. The molecule has 2 N–H and O–H groups in total. The van der Waals surface area contributed by atoms with E-state index in [9.17, 15) is 4.79 Å². The van der Waals surface area contributed by atoms with Crippen molar-refractivity contribution in [3.05, 3.63) is 0 Å². The van der Waals surface area contributed by atoms with E-state index in [4.69, 9.17) is 10.5 Å². The highest BCUT2D eigenvalue weighted by atomic mass is 16.5. The van der Waals surface area contributed by atoms with Crippen molar-refractivity contribution in [1.29, 1.82) is 0 Å². The van der Waals surface area contributed by atoms with E-state index in [1.54, 1.807) is 0 Å². The van der Waals surface area contributed by atoms with E-state index < -0.39 is 0 Å². The number of amides is 1. The molecule has 0 spiro atoms. The topological polar surface area (TPSA) is 55.6 Å². The Morgan fingerprint density at radius 3 is 2.88 bits per heavy atom. The molecule has 1 amide bonds. The third-order valence-corrected chi connectivity index (χ3v) is 3.91. The van der Waals surface area contributed by atoms with Crippen molar-refractivity contribution >= 4 is 5.91 Å². The van der Waals surface area contributed by atoms with Gasteiger partial charge in [-0.1, -0.05) is 0 Å². The van der Waals surface area contributed by atoms with Crippen molar-refractivity contribution in [2.75, 3.05) is 19.7 Å². The van der Waals surface area contributed by atoms with E-state index in [0.717, 1.165) is 51.8 Å². The quantitative estimate of drug-likeness (QED) is 0.805. The zero-order valence-corrected chi connectivity index (χ0v) is 10.7. The van der Waals surface area contributed by atoms with Gasteiger partial charge in [0, 0.05) is 31.7 Å². The molecular weight excluding hydrogens is 216 g/mol. The third kappa shape index (κ3) is 3.19. The molecule has 1 saturated heterocycles. The molecule has 1 saturated carbocycles. The lowest BCUT2D eigenvalue weighted by Crippen LogP contribution is -2.45. The van der Waals surface area contributed by atoms with Crippen LogP contribution < -0.4 is 5.73 Å². The summed E-state index contributed by atoms with van der Waals surface area (Å²) in [6, 6.07) is 0.233. The monoisotopic (exact) mass is 240 g/mol. The summed E-state index contributed by atoms with van der Waals surface area (Å²) >= 11 is 0. The molecule has 0 aromatic heterocycles. The van der Waals surface area contributed by atoms with E-state index >= 15 is 0 Å². The molecule has 3 unspecified atom stereocenters. The molecule has 4 nitrogen and oxygen atoms in total. The zero-order valence-electron chi connectivity index (χ0n) is 10.7. The van der Waals surface area contributed by atoms with E-state index in [-0.39, 0.29) is 18.1 Å². The molecular formula is C13H24N2O2. The SMILES string of the molecule is CCOC1CCCN(C(=O)C2CCC(N)C2)C1. The summed E-state index contributed by atoms with van der Waals surface area (Å²) in [6.45, 7) is 4.42. The smallest absolute Gasteiger partial charge is 0.225 e. The maximum absolute atomic E-state index is 12.3. The van der Waals surface area contributed by atoms with Crippen LogP contribution >= 0.6 is 0 Å². The van der Waals surface area contributed by atoms with Gasteiger partial charge >= 0.3 is 0 Å². The van der Waals surface area contributed by atoms with Gasteiger partial charge in [-0.05, 0) is 39.0 Å². The van der Waals surface area contributed by atoms with Crippen LogP contribution in [0.4, 0.5) is 0 Å². The molecule has 0 aromatic rings. The normalized spacial score (nSPS) is 34.0. The molecule has 4 heteroatoms. The molecule has 3 atom stereocenters. The Morgan fingerprint density at radius 1 is 1.41 bits per heavy atom. The number of likely N-dealkylation sites (tertiary alicyclic amines) is 1. The van der Waals surface area contributed by atoms with E-state index in [0.29, 0.717) is 5.91 Å². The van der Waals surface area contributed by atoms with Crippen molar-refractivity contribution in [3.63, 3.8) is 0 Å². The molecule has 0 bridgehead atoms. The van der Waals surface area contributed by atoms with Crippen molar-refractivity contribution in [3.8, 4) is 0 Å². The predicted octanol–water partition coefficient (Wildman–Crippen LogP) is 1.14. The summed E-state index contributed by atoms with van der Waals surface area (Å²) in [6.07, 6.45) is 5.23. The molecule has 1 heterocycles. The first kappa shape index (κ1) is 12.8. The maximum Gasteiger partial charge on any atom is 0.225 e. The fraction of sp³-hybridized carbons (Fsp3) is 0.923. The standard InChI is InChI=1S/C13H24N2O2/c1-2-17-12-4-3-7-15(9-12)13(16)10-5-6-11(14)8-10/h10-12H,2-9,14H2,1H3. The highest BCUT2D eigenvalue weighted by molar-refractivity contribution is 5.79. The summed E-state index contributed by atoms with van der Waals surface area (Å²) in [7, 11) is 0. The third-order valence-electron chi connectivity index (χ3n) is 3.91. The van der Waals surface area contributed by atoms with Crippen LogP contribution in [0.25, 0.3) is 0 Å². The van der Waals surface area contributed by atoms with Crippen LogP contribution in [0.2, 0.25) is 0 Å². The molecule has 2 fully saturated rings. The number of hydrogen-bond acceptors (Lipinski definition) is 3. The minimum Gasteiger partial charge on any atom is -0.377 e. The Hall–Kier alpha value is -0.610. The lowest BCUT2D eigenvalue weighted by molar-refractivity contribution is -0.139.